The zero-order chi connectivity index (χ0) is 11.0. The topological polar surface area (TPSA) is 18.8 Å². The van der Waals surface area contributed by atoms with Gasteiger partial charge in [-0.25, -0.2) is 0 Å². The Bertz CT molecular complexity index is 183. The predicted octanol–water partition coefficient (Wildman–Crippen LogP) is 2.00. The standard InChI is InChI=1S/C10H21N3S.HI/c1-6-8-14-9-7-11-10(12(2)3)13(4)5;/h6H,1,7-9H2,2-5H3;1H. The van der Waals surface area contributed by atoms with Crippen molar-refractivity contribution in [1.29, 1.82) is 0 Å². The number of rotatable bonds is 5. The van der Waals surface area contributed by atoms with Crippen molar-refractivity contribution in [3.8, 4) is 0 Å². The van der Waals surface area contributed by atoms with Crippen molar-refractivity contribution < 1.29 is 0 Å². The number of halogens is 1. The summed E-state index contributed by atoms with van der Waals surface area (Å²) in [6, 6.07) is 0. The van der Waals surface area contributed by atoms with Gasteiger partial charge in [-0.3, -0.25) is 4.99 Å². The summed E-state index contributed by atoms with van der Waals surface area (Å²) >= 11 is 1.86. The fourth-order valence-corrected chi connectivity index (χ4v) is 1.61. The minimum absolute atomic E-state index is 0. The van der Waals surface area contributed by atoms with Crippen LogP contribution in [0.25, 0.3) is 0 Å². The molecule has 0 saturated heterocycles. The molecule has 5 heteroatoms. The van der Waals surface area contributed by atoms with E-state index in [0.717, 1.165) is 24.0 Å². The maximum Gasteiger partial charge on any atom is 0.195 e. The van der Waals surface area contributed by atoms with Crippen molar-refractivity contribution in [1.82, 2.24) is 9.80 Å². The molecule has 0 unspecified atom stereocenters. The molecule has 0 bridgehead atoms. The van der Waals surface area contributed by atoms with Gasteiger partial charge in [0, 0.05) is 39.7 Å². The van der Waals surface area contributed by atoms with E-state index in [1.54, 1.807) is 0 Å². The molecule has 3 nitrogen and oxygen atoms in total. The van der Waals surface area contributed by atoms with Crippen LogP contribution in [0.4, 0.5) is 0 Å². The van der Waals surface area contributed by atoms with Crippen LogP contribution in [-0.2, 0) is 0 Å². The Morgan fingerprint density at radius 2 is 1.80 bits per heavy atom. The van der Waals surface area contributed by atoms with Gasteiger partial charge in [-0.05, 0) is 0 Å². The summed E-state index contributed by atoms with van der Waals surface area (Å²) in [4.78, 5) is 8.56. The second-order valence-electron chi connectivity index (χ2n) is 3.33. The summed E-state index contributed by atoms with van der Waals surface area (Å²) in [5.74, 6) is 3.08. The molecule has 0 spiro atoms. The molecule has 0 aromatic rings. The number of hydrogen-bond donors (Lipinski definition) is 0. The fraction of sp³-hybridized carbons (Fsp3) is 0.700. The van der Waals surface area contributed by atoms with Crippen LogP contribution >= 0.6 is 35.7 Å². The molecular formula is C10H22IN3S. The molecule has 0 aliphatic carbocycles. The van der Waals surface area contributed by atoms with Gasteiger partial charge in [0.05, 0.1) is 6.54 Å². The van der Waals surface area contributed by atoms with Crippen molar-refractivity contribution in [2.75, 3.05) is 46.2 Å². The average molecular weight is 343 g/mol. The van der Waals surface area contributed by atoms with Gasteiger partial charge in [-0.15, -0.1) is 30.6 Å². The van der Waals surface area contributed by atoms with E-state index in [0.29, 0.717) is 0 Å². The van der Waals surface area contributed by atoms with E-state index in [-0.39, 0.29) is 24.0 Å². The van der Waals surface area contributed by atoms with E-state index in [4.69, 9.17) is 0 Å². The highest BCUT2D eigenvalue weighted by Gasteiger charge is 2.02. The Morgan fingerprint density at radius 1 is 1.27 bits per heavy atom. The highest BCUT2D eigenvalue weighted by atomic mass is 127. The average Bonchev–Trinajstić information content (AvgIpc) is 2.09. The van der Waals surface area contributed by atoms with Crippen LogP contribution in [-0.4, -0.2) is 62.0 Å². The Labute approximate surface area is 115 Å². The van der Waals surface area contributed by atoms with Gasteiger partial charge < -0.3 is 9.80 Å². The molecule has 0 aromatic carbocycles. The van der Waals surface area contributed by atoms with Gasteiger partial charge in [0.25, 0.3) is 0 Å². The number of guanidine groups is 1. The molecule has 0 aliphatic heterocycles. The van der Waals surface area contributed by atoms with Crippen molar-refractivity contribution >= 4 is 41.7 Å². The van der Waals surface area contributed by atoms with E-state index < -0.39 is 0 Å². The summed E-state index contributed by atoms with van der Waals surface area (Å²) in [5, 5.41) is 0. The van der Waals surface area contributed by atoms with Crippen LogP contribution in [0, 0.1) is 0 Å². The zero-order valence-electron chi connectivity index (χ0n) is 10.1. The molecule has 0 radical (unpaired) electrons. The fourth-order valence-electron chi connectivity index (χ4n) is 1.06. The van der Waals surface area contributed by atoms with Gasteiger partial charge in [0.1, 0.15) is 0 Å². The van der Waals surface area contributed by atoms with Crippen LogP contribution in [0.1, 0.15) is 0 Å². The second-order valence-corrected chi connectivity index (χ2v) is 4.48. The normalized spacial score (nSPS) is 8.80. The van der Waals surface area contributed by atoms with Gasteiger partial charge in [0.2, 0.25) is 0 Å². The minimum atomic E-state index is 0. The van der Waals surface area contributed by atoms with E-state index in [2.05, 4.69) is 11.6 Å². The molecule has 90 valence electrons. The summed E-state index contributed by atoms with van der Waals surface area (Å²) in [7, 11) is 8.04. The molecule has 0 heterocycles. The largest absolute Gasteiger partial charge is 0.349 e. The Balaban J connectivity index is 0. The van der Waals surface area contributed by atoms with Crippen molar-refractivity contribution in [3.63, 3.8) is 0 Å². The molecule has 0 saturated carbocycles. The first-order valence-corrected chi connectivity index (χ1v) is 5.82. The molecule has 15 heavy (non-hydrogen) atoms. The van der Waals surface area contributed by atoms with Gasteiger partial charge in [-0.1, -0.05) is 6.08 Å². The summed E-state index contributed by atoms with van der Waals surface area (Å²) in [5.41, 5.74) is 0. The van der Waals surface area contributed by atoms with Crippen molar-refractivity contribution in [3.05, 3.63) is 12.7 Å². The first kappa shape index (κ1) is 17.5. The summed E-state index contributed by atoms with van der Waals surface area (Å²) < 4.78 is 0. The van der Waals surface area contributed by atoms with E-state index in [1.165, 1.54) is 0 Å². The van der Waals surface area contributed by atoms with E-state index in [9.17, 15) is 0 Å². The van der Waals surface area contributed by atoms with Crippen LogP contribution in [0.5, 0.6) is 0 Å². The van der Waals surface area contributed by atoms with Gasteiger partial charge in [-0.2, -0.15) is 11.8 Å². The first-order valence-electron chi connectivity index (χ1n) is 4.67. The number of hydrogen-bond acceptors (Lipinski definition) is 2. The molecule has 0 amide bonds. The van der Waals surface area contributed by atoms with Crippen LogP contribution in [0.15, 0.2) is 17.6 Å². The molecular weight excluding hydrogens is 321 g/mol. The summed E-state index contributed by atoms with van der Waals surface area (Å²) in [6.45, 7) is 4.54. The van der Waals surface area contributed by atoms with Crippen LogP contribution in [0.3, 0.4) is 0 Å². The lowest BCUT2D eigenvalue weighted by Gasteiger charge is -2.22. The van der Waals surface area contributed by atoms with Crippen LogP contribution < -0.4 is 0 Å². The SMILES string of the molecule is C=CCSCCN=C(N(C)C)N(C)C.I. The highest BCUT2D eigenvalue weighted by molar-refractivity contribution is 14.0. The lowest BCUT2D eigenvalue weighted by molar-refractivity contribution is 0.480. The third-order valence-electron chi connectivity index (χ3n) is 1.52. The van der Waals surface area contributed by atoms with Gasteiger partial charge in [0.15, 0.2) is 5.96 Å². The molecule has 0 rings (SSSR count). The van der Waals surface area contributed by atoms with Crippen molar-refractivity contribution in [2.24, 2.45) is 4.99 Å². The Kier molecular flexibility index (Phi) is 12.4. The lowest BCUT2D eigenvalue weighted by Crippen LogP contribution is -2.35. The van der Waals surface area contributed by atoms with Gasteiger partial charge >= 0.3 is 0 Å². The number of aliphatic imine (C=N–C) groups is 1. The molecule has 0 fully saturated rings. The molecule has 0 atom stereocenters. The third kappa shape index (κ3) is 9.04. The van der Waals surface area contributed by atoms with Crippen LogP contribution in [0.2, 0.25) is 0 Å². The molecule has 0 aromatic heterocycles. The van der Waals surface area contributed by atoms with Crippen molar-refractivity contribution in [2.45, 2.75) is 0 Å². The summed E-state index contributed by atoms with van der Waals surface area (Å²) in [6.07, 6.45) is 1.92. The Morgan fingerprint density at radius 3 is 2.20 bits per heavy atom. The second kappa shape index (κ2) is 10.6. The third-order valence-corrected chi connectivity index (χ3v) is 2.47. The minimum Gasteiger partial charge on any atom is -0.349 e. The maximum absolute atomic E-state index is 4.51. The molecule has 0 aliphatic rings. The predicted molar refractivity (Wildman–Crippen MR) is 82.6 cm³/mol. The zero-order valence-corrected chi connectivity index (χ0v) is 13.2. The smallest absolute Gasteiger partial charge is 0.195 e. The van der Waals surface area contributed by atoms with E-state index >= 15 is 0 Å². The number of thioether (sulfide) groups is 1. The Hall–Kier alpha value is 0.0900. The quantitative estimate of drug-likeness (QED) is 0.250. The molecule has 0 N–H and O–H groups in total. The lowest BCUT2D eigenvalue weighted by atomic mass is 10.7. The monoisotopic (exact) mass is 343 g/mol. The van der Waals surface area contributed by atoms with E-state index in [1.807, 2.05) is 55.8 Å². The maximum atomic E-state index is 4.51. The first-order chi connectivity index (χ1) is 6.59. The highest BCUT2D eigenvalue weighted by Crippen LogP contribution is 1.99. The number of nitrogens with zero attached hydrogens (tertiary/aromatic N) is 3.